The van der Waals surface area contributed by atoms with Gasteiger partial charge in [-0.2, -0.15) is 26.3 Å². The van der Waals surface area contributed by atoms with Gasteiger partial charge in [0.2, 0.25) is 5.91 Å². The maximum Gasteiger partial charge on any atom is 0.435 e. The van der Waals surface area contributed by atoms with E-state index in [1.165, 1.54) is 17.0 Å². The fourth-order valence-corrected chi connectivity index (χ4v) is 8.56. The van der Waals surface area contributed by atoms with Crippen LogP contribution in [0.2, 0.25) is 0 Å². The molecular formula is C30H30F7NO5S. The lowest BCUT2D eigenvalue weighted by Crippen LogP contribution is -2.50. The van der Waals surface area contributed by atoms with Gasteiger partial charge in [-0.1, -0.05) is 36.4 Å². The number of aliphatic carboxylic acids is 1. The minimum Gasteiger partial charge on any atom is -0.481 e. The number of carbonyl (C=O) groups excluding carboxylic acids is 1. The standard InChI is InChI=1S/C30H30F7NO5S/c31-28(29(32,33)34,30(35,36)37)23-11-9-22(10-12-23)27(44(42,43)24-13-7-19(8-14-24)18-1-2-18)15-16-38(17-27)25(39)20-3-5-21(6-4-20)26(40)41/h7-14,18,20-21H,1-6,15-17H2,(H,40,41)/t20?,21?,27-/m0/s1. The summed E-state index contributed by atoms with van der Waals surface area (Å²) in [6, 6.07) is 8.21. The highest BCUT2D eigenvalue weighted by atomic mass is 32.2. The second-order valence-electron chi connectivity index (χ2n) is 12.0. The van der Waals surface area contributed by atoms with Crippen molar-refractivity contribution in [3.63, 3.8) is 0 Å². The number of nitrogens with zero attached hydrogens (tertiary/aromatic N) is 1. The number of halogens is 7. The summed E-state index contributed by atoms with van der Waals surface area (Å²) in [6.07, 6.45) is -9.89. The lowest BCUT2D eigenvalue weighted by molar-refractivity contribution is -0.348. The molecule has 2 aliphatic carbocycles. The summed E-state index contributed by atoms with van der Waals surface area (Å²) in [4.78, 5) is 26.0. The molecule has 5 rings (SSSR count). The number of carbonyl (C=O) groups is 2. The Kier molecular flexibility index (Phi) is 8.08. The Labute approximate surface area is 249 Å². The van der Waals surface area contributed by atoms with Crippen molar-refractivity contribution in [3.8, 4) is 0 Å². The monoisotopic (exact) mass is 649 g/mol. The number of rotatable bonds is 7. The molecule has 2 aromatic rings. The third-order valence-electron chi connectivity index (χ3n) is 9.31. The van der Waals surface area contributed by atoms with E-state index in [-0.39, 0.29) is 49.1 Å². The number of benzene rings is 2. The molecule has 0 bridgehead atoms. The summed E-state index contributed by atoms with van der Waals surface area (Å²) >= 11 is 0. The molecule has 1 atom stereocenters. The van der Waals surface area contributed by atoms with Crippen LogP contribution in [0.25, 0.3) is 0 Å². The minimum atomic E-state index is -6.34. The number of sulfone groups is 1. The van der Waals surface area contributed by atoms with Crippen molar-refractivity contribution in [2.24, 2.45) is 11.8 Å². The summed E-state index contributed by atoms with van der Waals surface area (Å²) in [6.45, 7) is -0.507. The fraction of sp³-hybridized carbons (Fsp3) is 0.533. The van der Waals surface area contributed by atoms with Crippen molar-refractivity contribution < 1.29 is 53.8 Å². The van der Waals surface area contributed by atoms with E-state index in [1.807, 2.05) is 0 Å². The Balaban J connectivity index is 1.52. The van der Waals surface area contributed by atoms with E-state index in [0.29, 0.717) is 18.1 Å². The Bertz CT molecular complexity index is 1500. The molecule has 0 radical (unpaired) electrons. The van der Waals surface area contributed by atoms with Crippen molar-refractivity contribution in [2.75, 3.05) is 13.1 Å². The first-order valence-electron chi connectivity index (χ1n) is 14.2. The summed E-state index contributed by atoms with van der Waals surface area (Å²) < 4.78 is 122. The van der Waals surface area contributed by atoms with Crippen molar-refractivity contribution in [3.05, 3.63) is 65.2 Å². The van der Waals surface area contributed by atoms with Crippen molar-refractivity contribution >= 4 is 21.7 Å². The van der Waals surface area contributed by atoms with Gasteiger partial charge < -0.3 is 10.0 Å². The summed E-state index contributed by atoms with van der Waals surface area (Å²) in [5.74, 6) is -2.21. The molecule has 3 aliphatic rings. The van der Waals surface area contributed by atoms with E-state index < -0.39 is 68.4 Å². The second kappa shape index (κ2) is 11.0. The topological polar surface area (TPSA) is 91.8 Å². The Morgan fingerprint density at radius 1 is 0.773 bits per heavy atom. The lowest BCUT2D eigenvalue weighted by atomic mass is 9.81. The van der Waals surface area contributed by atoms with Crippen LogP contribution in [-0.2, 0) is 29.8 Å². The van der Waals surface area contributed by atoms with Gasteiger partial charge in [0.05, 0.1) is 10.8 Å². The van der Waals surface area contributed by atoms with Crippen LogP contribution in [0, 0.1) is 11.8 Å². The zero-order chi connectivity index (χ0) is 32.3. The van der Waals surface area contributed by atoms with Gasteiger partial charge in [-0.25, -0.2) is 12.8 Å². The predicted molar refractivity (Wildman–Crippen MR) is 143 cm³/mol. The molecule has 0 unspecified atom stereocenters. The van der Waals surface area contributed by atoms with Crippen LogP contribution < -0.4 is 0 Å². The van der Waals surface area contributed by atoms with E-state index in [1.54, 1.807) is 12.1 Å². The highest BCUT2D eigenvalue weighted by Crippen LogP contribution is 2.54. The average Bonchev–Trinajstić information content (AvgIpc) is 3.72. The molecule has 1 amide bonds. The number of hydrogen-bond acceptors (Lipinski definition) is 4. The average molecular weight is 650 g/mol. The summed E-state index contributed by atoms with van der Waals surface area (Å²) in [5.41, 5.74) is -6.68. The Morgan fingerprint density at radius 2 is 1.30 bits per heavy atom. The predicted octanol–water partition coefficient (Wildman–Crippen LogP) is 6.65. The largest absolute Gasteiger partial charge is 0.481 e. The Morgan fingerprint density at radius 3 is 1.77 bits per heavy atom. The number of amides is 1. The van der Waals surface area contributed by atoms with Crippen LogP contribution >= 0.6 is 0 Å². The molecule has 6 nitrogen and oxygen atoms in total. The molecule has 1 aliphatic heterocycles. The first-order valence-corrected chi connectivity index (χ1v) is 15.7. The molecule has 3 fully saturated rings. The second-order valence-corrected chi connectivity index (χ2v) is 14.2. The molecule has 0 aromatic heterocycles. The molecule has 14 heteroatoms. The van der Waals surface area contributed by atoms with Crippen LogP contribution in [0.1, 0.15) is 67.6 Å². The summed E-state index contributed by atoms with van der Waals surface area (Å²) in [5, 5.41) is 9.27. The number of likely N-dealkylation sites (tertiary alicyclic amines) is 1. The van der Waals surface area contributed by atoms with Gasteiger partial charge in [0, 0.05) is 24.6 Å². The molecule has 0 spiro atoms. The first kappa shape index (κ1) is 32.2. The van der Waals surface area contributed by atoms with E-state index in [4.69, 9.17) is 0 Å². The fourth-order valence-electron chi connectivity index (χ4n) is 6.48. The van der Waals surface area contributed by atoms with Crippen molar-refractivity contribution in [2.45, 2.75) is 78.5 Å². The van der Waals surface area contributed by atoms with Crippen LogP contribution in [0.4, 0.5) is 30.7 Å². The third-order valence-corrected chi connectivity index (χ3v) is 11.8. The number of carboxylic acids is 1. The first-order chi connectivity index (χ1) is 20.4. The van der Waals surface area contributed by atoms with Gasteiger partial charge in [-0.3, -0.25) is 9.59 Å². The van der Waals surface area contributed by atoms with Crippen LogP contribution in [0.15, 0.2) is 53.4 Å². The van der Waals surface area contributed by atoms with Gasteiger partial charge in [0.1, 0.15) is 4.75 Å². The number of alkyl halides is 7. The van der Waals surface area contributed by atoms with E-state index in [2.05, 4.69) is 0 Å². The molecule has 1 heterocycles. The van der Waals surface area contributed by atoms with Gasteiger partial charge in [0.15, 0.2) is 9.84 Å². The zero-order valence-electron chi connectivity index (χ0n) is 23.3. The van der Waals surface area contributed by atoms with Gasteiger partial charge in [0.25, 0.3) is 0 Å². The minimum absolute atomic E-state index is 0.0724. The smallest absolute Gasteiger partial charge is 0.435 e. The van der Waals surface area contributed by atoms with Crippen LogP contribution in [0.5, 0.6) is 0 Å². The van der Waals surface area contributed by atoms with Gasteiger partial charge in [-0.05, 0) is 74.1 Å². The van der Waals surface area contributed by atoms with E-state index >= 15 is 0 Å². The quantitative estimate of drug-likeness (QED) is 0.340. The molecule has 1 N–H and O–H groups in total. The Hall–Kier alpha value is -3.16. The van der Waals surface area contributed by atoms with E-state index in [9.17, 15) is 53.8 Å². The molecule has 44 heavy (non-hydrogen) atoms. The molecule has 240 valence electrons. The maximum absolute atomic E-state index is 14.7. The molecular weight excluding hydrogens is 619 g/mol. The zero-order valence-corrected chi connectivity index (χ0v) is 24.1. The maximum atomic E-state index is 14.7. The van der Waals surface area contributed by atoms with Crippen molar-refractivity contribution in [1.82, 2.24) is 4.90 Å². The molecule has 2 aromatic carbocycles. The number of carboxylic acid groups (broad SMARTS) is 1. The van der Waals surface area contributed by atoms with Crippen LogP contribution in [-0.4, -0.2) is 55.7 Å². The summed E-state index contributed by atoms with van der Waals surface area (Å²) in [7, 11) is -4.41. The third kappa shape index (κ3) is 5.36. The normalized spacial score (nSPS) is 25.2. The molecule has 2 saturated carbocycles. The van der Waals surface area contributed by atoms with Gasteiger partial charge in [-0.15, -0.1) is 0 Å². The molecule has 1 saturated heterocycles. The number of hydrogen-bond donors (Lipinski definition) is 1. The van der Waals surface area contributed by atoms with E-state index in [0.717, 1.165) is 30.5 Å². The SMILES string of the molecule is O=C(O)C1CCC(C(=O)N2CC[C@](c3ccc(C(F)(C(F)(F)F)C(F)(F)F)cc3)(S(=O)(=O)c3ccc(C4CC4)cc3)C2)CC1. The van der Waals surface area contributed by atoms with Crippen LogP contribution in [0.3, 0.4) is 0 Å². The highest BCUT2D eigenvalue weighted by molar-refractivity contribution is 7.92. The van der Waals surface area contributed by atoms with Crippen molar-refractivity contribution in [1.29, 1.82) is 0 Å². The highest BCUT2D eigenvalue weighted by Gasteiger charge is 2.73. The lowest BCUT2D eigenvalue weighted by Gasteiger charge is -2.33. The van der Waals surface area contributed by atoms with Gasteiger partial charge >= 0.3 is 24.0 Å².